The second-order valence-electron chi connectivity index (χ2n) is 5.85. The van der Waals surface area contributed by atoms with E-state index in [-0.39, 0.29) is 18.9 Å². The van der Waals surface area contributed by atoms with Gasteiger partial charge in [0.2, 0.25) is 15.9 Å². The number of para-hydroxylation sites is 1. The first kappa shape index (κ1) is 18.0. The number of anilines is 2. The maximum absolute atomic E-state index is 12.1. The Kier molecular flexibility index (Phi) is 5.62. The molecule has 2 aromatic rings. The van der Waals surface area contributed by atoms with Gasteiger partial charge < -0.3 is 5.32 Å². The molecule has 0 heterocycles. The number of carbonyl (C=O) groups excluding carboxylic acids is 1. The minimum atomic E-state index is -3.47. The molecule has 128 valence electrons. The molecule has 0 aliphatic rings. The highest BCUT2D eigenvalue weighted by molar-refractivity contribution is 7.92. The van der Waals surface area contributed by atoms with Gasteiger partial charge in [-0.1, -0.05) is 24.3 Å². The quantitative estimate of drug-likeness (QED) is 0.874. The number of benzene rings is 2. The summed E-state index contributed by atoms with van der Waals surface area (Å²) in [5.74, 6) is -0.223. The van der Waals surface area contributed by atoms with Gasteiger partial charge in [-0.25, -0.2) is 8.42 Å². The summed E-state index contributed by atoms with van der Waals surface area (Å²) in [5, 5.41) is 2.76. The Bertz CT molecular complexity index is 797. The van der Waals surface area contributed by atoms with E-state index >= 15 is 0 Å². The van der Waals surface area contributed by atoms with E-state index in [0.29, 0.717) is 11.4 Å². The van der Waals surface area contributed by atoms with Gasteiger partial charge in [0.15, 0.2) is 0 Å². The molecule has 1 amide bonds. The fourth-order valence-electron chi connectivity index (χ4n) is 2.53. The highest BCUT2D eigenvalue weighted by Gasteiger charge is 2.19. The third kappa shape index (κ3) is 5.09. The number of carbonyl (C=O) groups is 1. The van der Waals surface area contributed by atoms with Gasteiger partial charge >= 0.3 is 0 Å². The lowest BCUT2D eigenvalue weighted by atomic mass is 10.1. The molecule has 0 aromatic heterocycles. The highest BCUT2D eigenvalue weighted by atomic mass is 32.2. The summed E-state index contributed by atoms with van der Waals surface area (Å²) < 4.78 is 25.5. The molecule has 0 atom stereocenters. The Morgan fingerprint density at radius 3 is 2.17 bits per heavy atom. The molecule has 0 spiro atoms. The van der Waals surface area contributed by atoms with Gasteiger partial charge in [-0.2, -0.15) is 0 Å². The number of aryl methyl sites for hydroxylation is 2. The Morgan fingerprint density at radius 1 is 1.04 bits per heavy atom. The van der Waals surface area contributed by atoms with Crippen LogP contribution in [0.2, 0.25) is 0 Å². The fourth-order valence-corrected chi connectivity index (χ4v) is 3.44. The number of nitrogens with zero attached hydrogens (tertiary/aromatic N) is 1. The first-order valence-corrected chi connectivity index (χ1v) is 9.51. The predicted molar refractivity (Wildman–Crippen MR) is 97.8 cm³/mol. The second kappa shape index (κ2) is 7.49. The molecule has 0 bridgehead atoms. The Hall–Kier alpha value is -2.34. The van der Waals surface area contributed by atoms with Crippen LogP contribution in [0.25, 0.3) is 0 Å². The first-order valence-electron chi connectivity index (χ1n) is 7.66. The summed E-state index contributed by atoms with van der Waals surface area (Å²) >= 11 is 0. The monoisotopic (exact) mass is 346 g/mol. The average Bonchev–Trinajstić information content (AvgIpc) is 2.46. The van der Waals surface area contributed by atoms with Crippen molar-refractivity contribution in [2.24, 2.45) is 0 Å². The van der Waals surface area contributed by atoms with E-state index in [1.165, 1.54) is 4.31 Å². The van der Waals surface area contributed by atoms with Crippen LogP contribution < -0.4 is 9.62 Å². The van der Waals surface area contributed by atoms with Crippen LogP contribution in [0.1, 0.15) is 17.5 Å². The molecule has 2 rings (SSSR count). The van der Waals surface area contributed by atoms with Crippen molar-refractivity contribution in [3.8, 4) is 0 Å². The summed E-state index contributed by atoms with van der Waals surface area (Å²) in [4.78, 5) is 12.1. The maximum Gasteiger partial charge on any atom is 0.232 e. The van der Waals surface area contributed by atoms with E-state index in [0.717, 1.165) is 17.4 Å². The van der Waals surface area contributed by atoms with E-state index in [9.17, 15) is 13.2 Å². The van der Waals surface area contributed by atoms with Crippen molar-refractivity contribution in [2.75, 3.05) is 22.4 Å². The summed E-state index contributed by atoms with van der Waals surface area (Å²) in [6.07, 6.45) is 1.23. The Balaban J connectivity index is 2.11. The lowest BCUT2D eigenvalue weighted by Gasteiger charge is -2.23. The molecule has 0 radical (unpaired) electrons. The van der Waals surface area contributed by atoms with Crippen molar-refractivity contribution < 1.29 is 13.2 Å². The van der Waals surface area contributed by atoms with Crippen molar-refractivity contribution in [1.82, 2.24) is 0 Å². The van der Waals surface area contributed by atoms with Crippen LogP contribution in [-0.4, -0.2) is 27.1 Å². The number of nitrogens with one attached hydrogen (secondary N) is 1. The number of rotatable bonds is 6. The minimum Gasteiger partial charge on any atom is -0.326 e. The van der Waals surface area contributed by atoms with Crippen LogP contribution in [0, 0.1) is 13.8 Å². The van der Waals surface area contributed by atoms with Gasteiger partial charge in [0.05, 0.1) is 11.9 Å². The average molecular weight is 346 g/mol. The van der Waals surface area contributed by atoms with E-state index in [4.69, 9.17) is 0 Å². The summed E-state index contributed by atoms with van der Waals surface area (Å²) in [6, 6.07) is 14.7. The van der Waals surface area contributed by atoms with E-state index in [1.807, 2.05) is 50.2 Å². The zero-order valence-corrected chi connectivity index (χ0v) is 14.9. The lowest BCUT2D eigenvalue weighted by molar-refractivity contribution is -0.116. The molecule has 0 aliphatic carbocycles. The zero-order chi connectivity index (χ0) is 17.7. The molecule has 0 unspecified atom stereocenters. The number of hydrogen-bond donors (Lipinski definition) is 1. The molecule has 0 saturated carbocycles. The summed E-state index contributed by atoms with van der Waals surface area (Å²) in [5.41, 5.74) is 3.24. The molecule has 0 fully saturated rings. The van der Waals surface area contributed by atoms with Gasteiger partial charge in [-0.15, -0.1) is 0 Å². The fraction of sp³-hybridized carbons (Fsp3) is 0.278. The highest BCUT2D eigenvalue weighted by Crippen LogP contribution is 2.21. The van der Waals surface area contributed by atoms with Gasteiger partial charge in [-0.05, 0) is 49.2 Å². The minimum absolute atomic E-state index is 0.0783. The molecule has 1 N–H and O–H groups in total. The predicted octanol–water partition coefficient (Wildman–Crippen LogP) is 3.10. The van der Waals surface area contributed by atoms with Crippen molar-refractivity contribution in [1.29, 1.82) is 0 Å². The molecule has 6 heteroatoms. The largest absolute Gasteiger partial charge is 0.326 e. The molecule has 2 aromatic carbocycles. The SMILES string of the molecule is Cc1cc(C)cc(N(CCC(=O)Nc2ccccc2)S(C)(=O)=O)c1. The Morgan fingerprint density at radius 2 is 1.62 bits per heavy atom. The summed E-state index contributed by atoms with van der Waals surface area (Å²) in [7, 11) is -3.47. The standard InChI is InChI=1S/C18H22N2O3S/c1-14-11-15(2)13-17(12-14)20(24(3,22)23)10-9-18(21)19-16-7-5-4-6-8-16/h4-8,11-13H,9-10H2,1-3H3,(H,19,21). The van der Waals surface area contributed by atoms with Crippen LogP contribution in [0.5, 0.6) is 0 Å². The van der Waals surface area contributed by atoms with Crippen molar-refractivity contribution in [3.63, 3.8) is 0 Å². The van der Waals surface area contributed by atoms with E-state index in [1.54, 1.807) is 12.1 Å². The van der Waals surface area contributed by atoms with Crippen molar-refractivity contribution >= 4 is 27.3 Å². The molecule has 24 heavy (non-hydrogen) atoms. The van der Waals surface area contributed by atoms with Gasteiger partial charge in [0.25, 0.3) is 0 Å². The van der Waals surface area contributed by atoms with Crippen molar-refractivity contribution in [3.05, 3.63) is 59.7 Å². The molecular weight excluding hydrogens is 324 g/mol. The van der Waals surface area contributed by atoms with E-state index in [2.05, 4.69) is 5.32 Å². The van der Waals surface area contributed by atoms with Crippen LogP contribution in [-0.2, 0) is 14.8 Å². The number of hydrogen-bond acceptors (Lipinski definition) is 3. The lowest BCUT2D eigenvalue weighted by Crippen LogP contribution is -2.33. The molecule has 0 aliphatic heterocycles. The van der Waals surface area contributed by atoms with Crippen LogP contribution in [0.3, 0.4) is 0 Å². The van der Waals surface area contributed by atoms with Gasteiger partial charge in [-0.3, -0.25) is 9.10 Å². The van der Waals surface area contributed by atoms with Crippen molar-refractivity contribution in [2.45, 2.75) is 20.3 Å². The van der Waals surface area contributed by atoms with Crippen LogP contribution in [0.15, 0.2) is 48.5 Å². The van der Waals surface area contributed by atoms with Gasteiger partial charge in [0.1, 0.15) is 0 Å². The smallest absolute Gasteiger partial charge is 0.232 e. The molecular formula is C18H22N2O3S. The van der Waals surface area contributed by atoms with Crippen LogP contribution in [0.4, 0.5) is 11.4 Å². The topological polar surface area (TPSA) is 66.5 Å². The second-order valence-corrected chi connectivity index (χ2v) is 7.75. The molecule has 0 saturated heterocycles. The first-order chi connectivity index (χ1) is 11.3. The number of sulfonamides is 1. The van der Waals surface area contributed by atoms with Crippen LogP contribution >= 0.6 is 0 Å². The van der Waals surface area contributed by atoms with E-state index < -0.39 is 10.0 Å². The normalized spacial score (nSPS) is 11.1. The number of amides is 1. The third-order valence-electron chi connectivity index (χ3n) is 3.49. The Labute approximate surface area is 143 Å². The third-order valence-corrected chi connectivity index (χ3v) is 4.69. The molecule has 5 nitrogen and oxygen atoms in total. The maximum atomic E-state index is 12.1. The zero-order valence-electron chi connectivity index (χ0n) is 14.1. The van der Waals surface area contributed by atoms with Gasteiger partial charge in [0, 0.05) is 18.7 Å². The summed E-state index contributed by atoms with van der Waals surface area (Å²) in [6.45, 7) is 3.93.